The summed E-state index contributed by atoms with van der Waals surface area (Å²) in [6, 6.07) is 17.3. The number of cyclic esters (lactones) is 1. The van der Waals surface area contributed by atoms with Crippen LogP contribution >= 0.6 is 0 Å². The van der Waals surface area contributed by atoms with Gasteiger partial charge in [-0.05, 0) is 126 Å². The smallest absolute Gasteiger partial charge is 0.416 e. The molecule has 0 saturated carbocycles. The molecule has 1 heterocycles. The summed E-state index contributed by atoms with van der Waals surface area (Å²) in [5, 5.41) is 10.2. The van der Waals surface area contributed by atoms with Gasteiger partial charge < -0.3 is 14.6 Å². The van der Waals surface area contributed by atoms with Crippen LogP contribution in [0.15, 0.2) is 78.4 Å². The van der Waals surface area contributed by atoms with Gasteiger partial charge in [0, 0.05) is 12.1 Å². The fourth-order valence-electron chi connectivity index (χ4n) is 7.97. The summed E-state index contributed by atoms with van der Waals surface area (Å²) < 4.78 is 93.7. The highest BCUT2D eigenvalue weighted by atomic mass is 19.4. The Morgan fingerprint density at radius 2 is 1.55 bits per heavy atom. The van der Waals surface area contributed by atoms with Gasteiger partial charge >= 0.3 is 24.4 Å². The van der Waals surface area contributed by atoms with Crippen LogP contribution in [0.1, 0.15) is 89.9 Å². The molecule has 2 aliphatic rings. The van der Waals surface area contributed by atoms with Crippen LogP contribution in [0.25, 0.3) is 27.8 Å². The van der Waals surface area contributed by atoms with Gasteiger partial charge in [-0.25, -0.2) is 9.59 Å². The molecule has 0 aromatic heterocycles. The predicted octanol–water partition coefficient (Wildman–Crippen LogP) is 11.9. The van der Waals surface area contributed by atoms with Gasteiger partial charge in [-0.1, -0.05) is 56.3 Å². The van der Waals surface area contributed by atoms with Crippen LogP contribution in [0.3, 0.4) is 0 Å². The van der Waals surface area contributed by atoms with Gasteiger partial charge in [-0.2, -0.15) is 26.3 Å². The number of amides is 1. The Hall–Kier alpha value is -5.26. The van der Waals surface area contributed by atoms with E-state index in [4.69, 9.17) is 9.47 Å². The van der Waals surface area contributed by atoms with Gasteiger partial charge in [0.05, 0.1) is 29.8 Å². The number of carbonyl (C=O) groups excluding carboxylic acids is 1. The Bertz CT molecular complexity index is 2160. The van der Waals surface area contributed by atoms with E-state index in [1.165, 1.54) is 4.90 Å². The molecule has 4 aromatic rings. The summed E-state index contributed by atoms with van der Waals surface area (Å²) in [7, 11) is 1.55. The van der Waals surface area contributed by atoms with E-state index in [0.717, 1.165) is 45.4 Å². The van der Waals surface area contributed by atoms with Crippen LogP contribution in [0.5, 0.6) is 5.75 Å². The highest BCUT2D eigenvalue weighted by Gasteiger charge is 2.44. The van der Waals surface area contributed by atoms with Gasteiger partial charge in [0.15, 0.2) is 0 Å². The monoisotopic (exact) mass is 765 g/mol. The van der Waals surface area contributed by atoms with Crippen molar-refractivity contribution in [3.8, 4) is 28.0 Å². The van der Waals surface area contributed by atoms with Crippen molar-refractivity contribution in [2.75, 3.05) is 13.7 Å². The number of ether oxygens (including phenoxy) is 2. The number of benzene rings is 4. The second kappa shape index (κ2) is 14.4. The number of methoxy groups -OCH3 is 1. The number of hydrogen-bond acceptors (Lipinski definition) is 4. The first-order valence-corrected chi connectivity index (χ1v) is 17.8. The molecule has 1 aliphatic heterocycles. The molecule has 6 nitrogen and oxygen atoms in total. The Morgan fingerprint density at radius 3 is 2.13 bits per heavy atom. The van der Waals surface area contributed by atoms with Gasteiger partial charge in [0.2, 0.25) is 0 Å². The molecular formula is C43H41F6NO5. The summed E-state index contributed by atoms with van der Waals surface area (Å²) in [5.74, 6) is -0.471. The second-order valence-electron chi connectivity index (χ2n) is 15.1. The summed E-state index contributed by atoms with van der Waals surface area (Å²) in [5.41, 5.74) is 3.54. The van der Waals surface area contributed by atoms with Gasteiger partial charge in [-0.3, -0.25) is 4.90 Å². The first kappa shape index (κ1) is 39.4. The average molecular weight is 766 g/mol. The van der Waals surface area contributed by atoms with Crippen molar-refractivity contribution in [2.24, 2.45) is 5.41 Å². The minimum atomic E-state index is -5.05. The third kappa shape index (κ3) is 7.81. The van der Waals surface area contributed by atoms with Gasteiger partial charge in [0.25, 0.3) is 0 Å². The van der Waals surface area contributed by atoms with Crippen molar-refractivity contribution < 1.29 is 50.5 Å². The zero-order chi connectivity index (χ0) is 40.2. The Labute approximate surface area is 315 Å². The van der Waals surface area contributed by atoms with Gasteiger partial charge in [-0.15, -0.1) is 0 Å². The van der Waals surface area contributed by atoms with Crippen molar-refractivity contribution >= 4 is 17.6 Å². The number of rotatable bonds is 8. The lowest BCUT2D eigenvalue weighted by Crippen LogP contribution is -2.35. The van der Waals surface area contributed by atoms with Crippen molar-refractivity contribution in [3.05, 3.63) is 117 Å². The molecule has 12 heteroatoms. The third-order valence-corrected chi connectivity index (χ3v) is 10.8. The maximum absolute atomic E-state index is 13.7. The topological polar surface area (TPSA) is 76.1 Å². The molecule has 0 bridgehead atoms. The average Bonchev–Trinajstić information content (AvgIpc) is 3.39. The lowest BCUT2D eigenvalue weighted by atomic mass is 9.72. The molecule has 1 N–H and O–H groups in total. The molecule has 0 unspecified atom stereocenters. The number of allylic oxidation sites excluding steroid dienone is 1. The Balaban J connectivity index is 1.44. The second-order valence-corrected chi connectivity index (χ2v) is 15.1. The molecule has 1 aliphatic carbocycles. The van der Waals surface area contributed by atoms with Crippen molar-refractivity contribution in [1.29, 1.82) is 0 Å². The maximum atomic E-state index is 13.7. The molecule has 0 radical (unpaired) electrons. The highest BCUT2D eigenvalue weighted by molar-refractivity contribution is 6.00. The van der Waals surface area contributed by atoms with E-state index < -0.39 is 53.3 Å². The summed E-state index contributed by atoms with van der Waals surface area (Å²) >= 11 is 0. The van der Waals surface area contributed by atoms with Crippen molar-refractivity contribution in [1.82, 2.24) is 4.90 Å². The zero-order valence-corrected chi connectivity index (χ0v) is 31.2. The standard InChI is InChI=1S/C43H41F6NO5/c1-23-16-33(24(2)37(36(23)39(51)52)26-10-8-7-9-11-26)27-12-13-35(54-6)34(19-27)32-14-15-41(4,5)21-29(32)22-50-25(3)38(55-40(50)53)28-17-30(42(44,45)46)20-31(18-28)43(47,48)49/h7-13,16-20,25,38H,14-15,21-22H2,1-6H3,(H,51,52)/t25-,38+/m1/s1. The number of halogens is 6. The van der Waals surface area contributed by atoms with Crippen LogP contribution < -0.4 is 4.74 Å². The van der Waals surface area contributed by atoms with E-state index in [9.17, 15) is 41.0 Å². The Kier molecular flexibility index (Phi) is 10.3. The van der Waals surface area contributed by atoms with E-state index in [1.54, 1.807) is 21.0 Å². The first-order chi connectivity index (χ1) is 25.7. The molecule has 6 rings (SSSR count). The summed E-state index contributed by atoms with van der Waals surface area (Å²) in [4.78, 5) is 27.3. The molecule has 4 aromatic carbocycles. The van der Waals surface area contributed by atoms with E-state index >= 15 is 0 Å². The maximum Gasteiger partial charge on any atom is 0.416 e. The summed E-state index contributed by atoms with van der Waals surface area (Å²) in [6.07, 6.45) is -10.4. The Morgan fingerprint density at radius 1 is 0.909 bits per heavy atom. The van der Waals surface area contributed by atoms with E-state index in [2.05, 4.69) is 13.8 Å². The predicted molar refractivity (Wildman–Crippen MR) is 197 cm³/mol. The fourth-order valence-corrected chi connectivity index (χ4v) is 7.97. The molecular weight excluding hydrogens is 724 g/mol. The van der Waals surface area contributed by atoms with E-state index in [1.807, 2.05) is 61.5 Å². The van der Waals surface area contributed by atoms with Crippen LogP contribution in [0.2, 0.25) is 0 Å². The largest absolute Gasteiger partial charge is 0.496 e. The minimum absolute atomic E-state index is 0.0251. The number of nitrogens with zero attached hydrogens (tertiary/aromatic N) is 1. The number of carbonyl (C=O) groups is 2. The number of alkyl halides is 6. The number of aryl methyl sites for hydroxylation is 1. The molecule has 55 heavy (non-hydrogen) atoms. The minimum Gasteiger partial charge on any atom is -0.496 e. The van der Waals surface area contributed by atoms with Crippen LogP contribution in [-0.4, -0.2) is 41.8 Å². The number of carboxylic acids is 1. The van der Waals surface area contributed by atoms with E-state index in [-0.39, 0.29) is 23.6 Å². The SMILES string of the molecule is COc1ccc(-c2cc(C)c(C(=O)O)c(-c3ccccc3)c2C)cc1C1=C(CN2C(=O)O[C@H](c3cc(C(F)(F)F)cc(C(F)(F)F)c3)[C@H]2C)CC(C)(C)CC1. The van der Waals surface area contributed by atoms with E-state index in [0.29, 0.717) is 41.9 Å². The molecule has 1 amide bonds. The lowest BCUT2D eigenvalue weighted by molar-refractivity contribution is -0.143. The van der Waals surface area contributed by atoms with Crippen LogP contribution in [-0.2, 0) is 17.1 Å². The zero-order valence-electron chi connectivity index (χ0n) is 31.2. The number of carboxylic acid groups (broad SMARTS) is 1. The van der Waals surface area contributed by atoms with Crippen molar-refractivity contribution in [2.45, 2.75) is 78.4 Å². The molecule has 290 valence electrons. The molecule has 1 fully saturated rings. The number of aromatic carboxylic acids is 1. The van der Waals surface area contributed by atoms with Crippen molar-refractivity contribution in [3.63, 3.8) is 0 Å². The van der Waals surface area contributed by atoms with Gasteiger partial charge in [0.1, 0.15) is 11.9 Å². The molecule has 1 saturated heterocycles. The van der Waals surface area contributed by atoms with Crippen LogP contribution in [0, 0.1) is 19.3 Å². The first-order valence-electron chi connectivity index (χ1n) is 17.8. The highest BCUT2D eigenvalue weighted by Crippen LogP contribution is 2.48. The number of hydrogen-bond donors (Lipinski definition) is 1. The summed E-state index contributed by atoms with van der Waals surface area (Å²) in [6.45, 7) is 9.41. The van der Waals surface area contributed by atoms with Crippen LogP contribution in [0.4, 0.5) is 31.1 Å². The lowest BCUT2D eigenvalue weighted by Gasteiger charge is -2.36. The third-order valence-electron chi connectivity index (χ3n) is 10.8. The molecule has 0 spiro atoms. The fraction of sp³-hybridized carbons (Fsp3) is 0.349. The quantitative estimate of drug-likeness (QED) is 0.181. The normalized spacial score (nSPS) is 18.8. The molecule has 2 atom stereocenters.